The van der Waals surface area contributed by atoms with Gasteiger partial charge in [0.1, 0.15) is 0 Å². The van der Waals surface area contributed by atoms with Crippen LogP contribution < -0.4 is 5.32 Å². The van der Waals surface area contributed by atoms with Gasteiger partial charge in [0.15, 0.2) is 0 Å². The van der Waals surface area contributed by atoms with Gasteiger partial charge in [0.2, 0.25) is 0 Å². The van der Waals surface area contributed by atoms with E-state index in [0.29, 0.717) is 0 Å². The fraction of sp³-hybridized carbons (Fsp3) is 0.615. The van der Waals surface area contributed by atoms with Crippen LogP contribution in [-0.2, 0) is 4.79 Å². The van der Waals surface area contributed by atoms with Crippen molar-refractivity contribution in [3.8, 4) is 0 Å². The van der Waals surface area contributed by atoms with Crippen molar-refractivity contribution < 1.29 is 9.90 Å². The van der Waals surface area contributed by atoms with Crippen molar-refractivity contribution in [1.82, 2.24) is 5.32 Å². The third-order valence-corrected chi connectivity index (χ3v) is 7.33. The quantitative estimate of drug-likeness (QED) is 0.454. The Labute approximate surface area is 108 Å². The fourth-order valence-electron chi connectivity index (χ4n) is 3.03. The summed E-state index contributed by atoms with van der Waals surface area (Å²) in [5, 5.41) is 13.6. The topological polar surface area (TPSA) is 49.3 Å². The molecule has 2 N–H and O–H groups in total. The summed E-state index contributed by atoms with van der Waals surface area (Å²) in [5.41, 5.74) is 1.23. The Morgan fingerprint density at radius 3 is 3.06 bits per heavy atom. The summed E-state index contributed by atoms with van der Waals surface area (Å²) < 4.78 is -0.497. The maximum atomic E-state index is 12.0. The Balaban J connectivity index is 1.85. The number of hydrogen-bond acceptors (Lipinski definition) is 2. The van der Waals surface area contributed by atoms with Gasteiger partial charge in [-0.2, -0.15) is 0 Å². The molecule has 2 heterocycles. The zero-order valence-corrected chi connectivity index (χ0v) is 11.6. The molecule has 3 aliphatic rings. The molecule has 2 aliphatic heterocycles. The Bertz CT molecular complexity index is 418. The Hall–Kier alpha value is -0.571. The molecule has 1 saturated heterocycles. The molecule has 0 spiro atoms. The summed E-state index contributed by atoms with van der Waals surface area (Å²) in [5.74, 6) is 0.223. The second kappa shape index (κ2) is 3.97. The summed E-state index contributed by atoms with van der Waals surface area (Å²) in [6, 6.07) is 0.0975. The Morgan fingerprint density at radius 1 is 1.65 bits per heavy atom. The summed E-state index contributed by atoms with van der Waals surface area (Å²) in [6.07, 6.45) is 6.98. The third kappa shape index (κ3) is 1.48. The van der Waals surface area contributed by atoms with Gasteiger partial charge < -0.3 is 0 Å². The molecule has 1 fully saturated rings. The molecule has 92 valence electrons. The summed E-state index contributed by atoms with van der Waals surface area (Å²) >= 11 is 0.0921. The van der Waals surface area contributed by atoms with E-state index in [1.165, 1.54) is 5.57 Å². The molecular formula is C13H17NO2Se. The number of fused-ring (bicyclic) bond motifs is 1. The van der Waals surface area contributed by atoms with Crippen LogP contribution in [0, 0.1) is 5.92 Å². The average Bonchev–Trinajstić information content (AvgIpc) is 2.62. The summed E-state index contributed by atoms with van der Waals surface area (Å²) in [6.45, 7) is 2.05. The van der Waals surface area contributed by atoms with E-state index in [2.05, 4.69) is 29.4 Å². The number of β-lactam (4-membered cyclic amide) rings is 1. The first kappa shape index (κ1) is 11.5. The van der Waals surface area contributed by atoms with Gasteiger partial charge in [0.05, 0.1) is 0 Å². The van der Waals surface area contributed by atoms with Crippen molar-refractivity contribution >= 4 is 20.9 Å². The fourth-order valence-corrected chi connectivity index (χ4v) is 5.92. The molecule has 1 amide bonds. The number of aliphatic hydroxyl groups is 1. The van der Waals surface area contributed by atoms with Gasteiger partial charge in [0.25, 0.3) is 0 Å². The molecule has 1 aliphatic carbocycles. The van der Waals surface area contributed by atoms with Gasteiger partial charge >= 0.3 is 107 Å². The minimum absolute atomic E-state index is 0.0575. The minimum atomic E-state index is -0.508. The number of nitrogens with one attached hydrogen (secondary N) is 1. The van der Waals surface area contributed by atoms with Crippen LogP contribution in [0.4, 0.5) is 0 Å². The zero-order valence-electron chi connectivity index (χ0n) is 9.85. The second-order valence-corrected chi connectivity index (χ2v) is 7.55. The number of carbonyl (C=O) groups excluding carboxylic acids is 1. The number of carbonyl (C=O) groups is 1. The molecule has 1 unspecified atom stereocenters. The number of aliphatic hydroxyl groups excluding tert-OH is 1. The molecule has 3 nitrogen and oxygen atoms in total. The molecular weight excluding hydrogens is 281 g/mol. The Kier molecular flexibility index (Phi) is 2.69. The van der Waals surface area contributed by atoms with Crippen LogP contribution in [0.1, 0.15) is 26.2 Å². The van der Waals surface area contributed by atoms with Crippen LogP contribution in [0.3, 0.4) is 0 Å². The van der Waals surface area contributed by atoms with E-state index in [1.54, 1.807) is 0 Å². The summed E-state index contributed by atoms with van der Waals surface area (Å²) in [7, 11) is 0. The van der Waals surface area contributed by atoms with Crippen LogP contribution in [0.5, 0.6) is 0 Å². The molecule has 0 aromatic carbocycles. The normalized spacial score (nSPS) is 41.3. The molecule has 0 aromatic rings. The van der Waals surface area contributed by atoms with Gasteiger partial charge in [-0.25, -0.2) is 0 Å². The number of allylic oxidation sites excluding steroid dienone is 1. The van der Waals surface area contributed by atoms with E-state index in [-0.39, 0.29) is 32.8 Å². The standard InChI is InChI=1S/C13H17NO2Se/c1-8-7-17-13(10(8)14-12(13)16)11(15)9-5-3-2-4-6-9/h3,5,7,9-11,15H,2,4,6H2,1H3,(H,14,16)/t9?,10-,11-,13-/m0/s1. The number of amides is 1. The van der Waals surface area contributed by atoms with Crippen LogP contribution in [0.2, 0.25) is 4.31 Å². The van der Waals surface area contributed by atoms with Gasteiger partial charge in [-0.3, -0.25) is 0 Å². The van der Waals surface area contributed by atoms with Crippen LogP contribution in [-0.4, -0.2) is 38.1 Å². The van der Waals surface area contributed by atoms with E-state index in [0.717, 1.165) is 19.3 Å². The van der Waals surface area contributed by atoms with Crippen molar-refractivity contribution in [2.24, 2.45) is 5.92 Å². The van der Waals surface area contributed by atoms with Crippen molar-refractivity contribution in [2.45, 2.75) is 42.6 Å². The number of rotatable bonds is 2. The van der Waals surface area contributed by atoms with Crippen LogP contribution in [0.15, 0.2) is 22.7 Å². The molecule has 0 saturated carbocycles. The molecule has 4 atom stereocenters. The van der Waals surface area contributed by atoms with E-state index in [4.69, 9.17) is 0 Å². The van der Waals surface area contributed by atoms with E-state index in [1.807, 2.05) is 0 Å². The van der Waals surface area contributed by atoms with Crippen molar-refractivity contribution in [3.05, 3.63) is 22.7 Å². The molecule has 3 rings (SSSR count). The predicted molar refractivity (Wildman–Crippen MR) is 66.6 cm³/mol. The van der Waals surface area contributed by atoms with Crippen molar-refractivity contribution in [1.29, 1.82) is 0 Å². The maximum absolute atomic E-state index is 12.0. The second-order valence-electron chi connectivity index (χ2n) is 5.15. The van der Waals surface area contributed by atoms with Gasteiger partial charge in [-0.1, -0.05) is 0 Å². The van der Waals surface area contributed by atoms with Gasteiger partial charge in [-0.15, -0.1) is 0 Å². The van der Waals surface area contributed by atoms with Gasteiger partial charge in [-0.05, 0) is 0 Å². The van der Waals surface area contributed by atoms with E-state index in [9.17, 15) is 9.90 Å². The predicted octanol–water partition coefficient (Wildman–Crippen LogP) is 0.982. The first-order valence-corrected chi connectivity index (χ1v) is 8.01. The SMILES string of the molecule is CC1=C[Se][C@@]2([C@@H](O)C3C=CCCC3)C(=O)N[C@@H]12. The average molecular weight is 298 g/mol. The van der Waals surface area contributed by atoms with Crippen LogP contribution in [0.25, 0.3) is 0 Å². The Morgan fingerprint density at radius 2 is 2.47 bits per heavy atom. The molecule has 4 heteroatoms. The van der Waals surface area contributed by atoms with E-state index >= 15 is 0 Å². The first-order valence-electron chi connectivity index (χ1n) is 6.16. The van der Waals surface area contributed by atoms with E-state index < -0.39 is 10.4 Å². The monoisotopic (exact) mass is 299 g/mol. The zero-order chi connectivity index (χ0) is 12.0. The van der Waals surface area contributed by atoms with Gasteiger partial charge in [0, 0.05) is 0 Å². The molecule has 0 bridgehead atoms. The first-order chi connectivity index (χ1) is 8.16. The molecule has 0 aromatic heterocycles. The molecule has 0 radical (unpaired) electrons. The van der Waals surface area contributed by atoms with Crippen molar-refractivity contribution in [2.75, 3.05) is 0 Å². The summed E-state index contributed by atoms with van der Waals surface area (Å²) in [4.78, 5) is 14.1. The van der Waals surface area contributed by atoms with Crippen LogP contribution >= 0.6 is 0 Å². The third-order valence-electron chi connectivity index (χ3n) is 4.09. The van der Waals surface area contributed by atoms with Crippen molar-refractivity contribution in [3.63, 3.8) is 0 Å². The molecule has 17 heavy (non-hydrogen) atoms. The number of hydrogen-bond donors (Lipinski definition) is 2.